The Bertz CT molecular complexity index is 192. The molecule has 1 rings (SSSR count). The van der Waals surface area contributed by atoms with E-state index in [2.05, 4.69) is 22.0 Å². The number of aliphatic imine (C=N–C) groups is 1. The predicted molar refractivity (Wildman–Crippen MR) is 52.5 cm³/mol. The molecule has 0 atom stereocenters. The molecule has 1 aliphatic rings. The molecular formula is C7H11IN2. The van der Waals surface area contributed by atoms with Crippen molar-refractivity contribution in [1.82, 2.24) is 0 Å². The summed E-state index contributed by atoms with van der Waals surface area (Å²) in [6.07, 6.45) is 2.96. The zero-order valence-corrected chi connectivity index (χ0v) is 8.37. The van der Waals surface area contributed by atoms with Crippen molar-refractivity contribution < 1.29 is 0 Å². The minimum absolute atomic E-state index is 0.0924. The molecule has 0 aromatic carbocycles. The molecule has 0 aliphatic carbocycles. The van der Waals surface area contributed by atoms with Crippen LogP contribution in [0, 0.1) is 5.92 Å². The summed E-state index contributed by atoms with van der Waals surface area (Å²) in [5, 5.41) is 0. The van der Waals surface area contributed by atoms with E-state index in [1.807, 2.05) is 10.4 Å². The molecular weight excluding hydrogens is 239 g/mol. The number of halogens is 1. The highest BCUT2D eigenvalue weighted by Gasteiger charge is 1.99. The lowest BCUT2D eigenvalue weighted by molar-refractivity contribution is 0.639. The Hall–Kier alpha value is -0.0600. The average Bonchev–Trinajstić information content (AvgIpc) is 1.88. The molecule has 0 saturated carbocycles. The molecule has 0 aromatic rings. The maximum Gasteiger partial charge on any atom is 0.0776 e. The van der Waals surface area contributed by atoms with Crippen molar-refractivity contribution in [2.45, 2.75) is 20.3 Å². The van der Waals surface area contributed by atoms with Gasteiger partial charge in [-0.2, -0.15) is 0 Å². The number of hydrogen-bond donors (Lipinski definition) is 0. The third-order valence-corrected chi connectivity index (χ3v) is 2.57. The standard InChI is InChI=1S/C7H11IN2/c1-6(2)3-7-4-9-5-8-10-7/h4-6H,3H2,1-2H3. The van der Waals surface area contributed by atoms with Gasteiger partial charge in [0.05, 0.1) is 9.92 Å². The van der Waals surface area contributed by atoms with Crippen LogP contribution >= 0.6 is 21.0 Å². The SMILES string of the molecule is CC(C)CC1=CN=CI=N1. The third kappa shape index (κ3) is 2.68. The maximum atomic E-state index is 4.39. The zero-order chi connectivity index (χ0) is 7.40. The average molecular weight is 250 g/mol. The van der Waals surface area contributed by atoms with Crippen molar-refractivity contribution in [3.8, 4) is 0 Å². The Balaban J connectivity index is 2.50. The van der Waals surface area contributed by atoms with Crippen molar-refractivity contribution in [2.75, 3.05) is 0 Å². The first-order valence-corrected chi connectivity index (χ1v) is 5.54. The quantitative estimate of drug-likeness (QED) is 0.673. The molecule has 0 aromatic heterocycles. The molecule has 0 radical (unpaired) electrons. The van der Waals surface area contributed by atoms with E-state index in [9.17, 15) is 0 Å². The van der Waals surface area contributed by atoms with Gasteiger partial charge < -0.3 is 0 Å². The Morgan fingerprint density at radius 3 is 2.90 bits per heavy atom. The van der Waals surface area contributed by atoms with Crippen LogP contribution in [-0.4, -0.2) is 4.22 Å². The number of nitrogens with zero attached hydrogens (tertiary/aromatic N) is 2. The summed E-state index contributed by atoms with van der Waals surface area (Å²) in [6, 6.07) is 0. The maximum absolute atomic E-state index is 4.39. The smallest absolute Gasteiger partial charge is 0.0776 e. The van der Waals surface area contributed by atoms with Gasteiger partial charge in [-0.15, -0.1) is 0 Å². The number of rotatable bonds is 2. The molecule has 0 spiro atoms. The molecule has 0 bridgehead atoms. The zero-order valence-electron chi connectivity index (χ0n) is 6.21. The van der Waals surface area contributed by atoms with Crippen LogP contribution in [0.5, 0.6) is 0 Å². The molecule has 56 valence electrons. The Morgan fingerprint density at radius 2 is 2.40 bits per heavy atom. The minimum atomic E-state index is -0.0924. The fourth-order valence-corrected chi connectivity index (χ4v) is 1.86. The minimum Gasteiger partial charge on any atom is -0.255 e. The van der Waals surface area contributed by atoms with Crippen LogP contribution in [0.25, 0.3) is 0 Å². The predicted octanol–water partition coefficient (Wildman–Crippen LogP) is 3.07. The van der Waals surface area contributed by atoms with Crippen molar-refractivity contribution in [3.63, 3.8) is 0 Å². The van der Waals surface area contributed by atoms with Gasteiger partial charge in [0, 0.05) is 27.2 Å². The Kier molecular flexibility index (Phi) is 3.18. The highest BCUT2D eigenvalue weighted by Crippen LogP contribution is 2.18. The van der Waals surface area contributed by atoms with E-state index in [1.165, 1.54) is 5.70 Å². The summed E-state index contributed by atoms with van der Waals surface area (Å²) >= 11 is -0.0924. The van der Waals surface area contributed by atoms with Crippen LogP contribution in [0.1, 0.15) is 20.3 Å². The van der Waals surface area contributed by atoms with Gasteiger partial charge in [-0.1, -0.05) is 13.8 Å². The van der Waals surface area contributed by atoms with Crippen LogP contribution in [0.15, 0.2) is 20.0 Å². The monoisotopic (exact) mass is 250 g/mol. The van der Waals surface area contributed by atoms with Gasteiger partial charge >= 0.3 is 0 Å². The van der Waals surface area contributed by atoms with Gasteiger partial charge in [-0.05, 0) is 12.3 Å². The van der Waals surface area contributed by atoms with Crippen molar-refractivity contribution in [1.29, 1.82) is 0 Å². The molecule has 0 amide bonds. The van der Waals surface area contributed by atoms with Crippen LogP contribution in [0.4, 0.5) is 0 Å². The summed E-state index contributed by atoms with van der Waals surface area (Å²) in [5.74, 6) is 0.701. The first kappa shape index (κ1) is 8.04. The molecule has 2 nitrogen and oxygen atoms in total. The van der Waals surface area contributed by atoms with Gasteiger partial charge in [-0.25, -0.2) is 3.15 Å². The van der Waals surface area contributed by atoms with E-state index >= 15 is 0 Å². The highest BCUT2D eigenvalue weighted by atomic mass is 127. The molecule has 0 fully saturated rings. The molecule has 0 saturated heterocycles. The van der Waals surface area contributed by atoms with E-state index in [0.717, 1.165) is 6.42 Å². The fraction of sp³-hybridized carbons (Fsp3) is 0.571. The molecule has 10 heavy (non-hydrogen) atoms. The second kappa shape index (κ2) is 3.95. The van der Waals surface area contributed by atoms with Crippen molar-refractivity contribution in [2.24, 2.45) is 14.1 Å². The van der Waals surface area contributed by atoms with E-state index in [0.29, 0.717) is 5.92 Å². The van der Waals surface area contributed by atoms with Gasteiger partial charge in [0.15, 0.2) is 0 Å². The lowest BCUT2D eigenvalue weighted by Gasteiger charge is -2.03. The molecule has 0 unspecified atom stereocenters. The third-order valence-electron chi connectivity index (χ3n) is 1.10. The first-order valence-electron chi connectivity index (χ1n) is 3.33. The largest absolute Gasteiger partial charge is 0.255 e. The van der Waals surface area contributed by atoms with Gasteiger partial charge in [0.25, 0.3) is 0 Å². The van der Waals surface area contributed by atoms with Crippen molar-refractivity contribution >= 4 is 25.3 Å². The Labute approximate surface area is 71.6 Å². The van der Waals surface area contributed by atoms with Crippen LogP contribution < -0.4 is 0 Å². The van der Waals surface area contributed by atoms with E-state index in [4.69, 9.17) is 0 Å². The summed E-state index contributed by atoms with van der Waals surface area (Å²) in [4.78, 5) is 4.08. The number of hydrogen-bond acceptors (Lipinski definition) is 2. The lowest BCUT2D eigenvalue weighted by Crippen LogP contribution is -1.88. The summed E-state index contributed by atoms with van der Waals surface area (Å²) < 4.78 is 6.32. The van der Waals surface area contributed by atoms with Gasteiger partial charge in [0.2, 0.25) is 0 Å². The Morgan fingerprint density at radius 1 is 1.60 bits per heavy atom. The normalized spacial score (nSPS) is 16.9. The van der Waals surface area contributed by atoms with Crippen LogP contribution in [0.3, 0.4) is 0 Å². The highest BCUT2D eigenvalue weighted by molar-refractivity contribution is 14.2. The van der Waals surface area contributed by atoms with Gasteiger partial charge in [0.1, 0.15) is 0 Å². The number of allylic oxidation sites excluding steroid dienone is 1. The first-order chi connectivity index (χ1) is 4.79. The lowest BCUT2D eigenvalue weighted by atomic mass is 10.1. The van der Waals surface area contributed by atoms with Crippen LogP contribution in [-0.2, 0) is 0 Å². The summed E-state index contributed by atoms with van der Waals surface area (Å²) in [6.45, 7) is 4.40. The van der Waals surface area contributed by atoms with E-state index in [1.54, 1.807) is 0 Å². The van der Waals surface area contributed by atoms with Crippen LogP contribution in [0.2, 0.25) is 0 Å². The fourth-order valence-electron chi connectivity index (χ4n) is 0.751. The molecule has 0 N–H and O–H groups in total. The molecule has 1 aliphatic heterocycles. The molecule has 1 heterocycles. The summed E-state index contributed by atoms with van der Waals surface area (Å²) in [5.41, 5.74) is 1.19. The van der Waals surface area contributed by atoms with E-state index < -0.39 is 0 Å². The topological polar surface area (TPSA) is 24.7 Å². The summed E-state index contributed by atoms with van der Waals surface area (Å²) in [7, 11) is 0. The van der Waals surface area contributed by atoms with Crippen molar-refractivity contribution in [3.05, 3.63) is 11.9 Å². The second-order valence-electron chi connectivity index (χ2n) is 2.65. The van der Waals surface area contributed by atoms with E-state index in [-0.39, 0.29) is 21.0 Å². The molecule has 3 heteroatoms. The van der Waals surface area contributed by atoms with Gasteiger partial charge in [-0.3, -0.25) is 4.99 Å². The second-order valence-corrected chi connectivity index (χ2v) is 4.24.